The summed E-state index contributed by atoms with van der Waals surface area (Å²) in [6, 6.07) is 0.196. The molecule has 1 aliphatic carbocycles. The lowest BCUT2D eigenvalue weighted by Crippen LogP contribution is -2.31. The number of hydrogen-bond acceptors (Lipinski definition) is 4. The fourth-order valence-corrected chi connectivity index (χ4v) is 2.87. The van der Waals surface area contributed by atoms with Gasteiger partial charge in [0.1, 0.15) is 5.01 Å². The van der Waals surface area contributed by atoms with E-state index in [1.807, 2.05) is 19.2 Å². The predicted molar refractivity (Wildman–Crippen MR) is 73.3 cm³/mol. The molecule has 18 heavy (non-hydrogen) atoms. The molecule has 5 heteroatoms. The van der Waals surface area contributed by atoms with Gasteiger partial charge in [0.15, 0.2) is 0 Å². The van der Waals surface area contributed by atoms with Crippen LogP contribution in [0.1, 0.15) is 49.4 Å². The first-order chi connectivity index (χ1) is 8.56. The molecule has 1 aliphatic rings. The number of carbonyl (C=O) groups excluding carboxylic acids is 1. The molecule has 2 rings (SSSR count). The molecule has 1 heterocycles. The van der Waals surface area contributed by atoms with Gasteiger partial charge in [-0.15, -0.1) is 11.3 Å². The highest BCUT2D eigenvalue weighted by Gasteiger charge is 2.35. The zero-order valence-electron chi connectivity index (χ0n) is 11.0. The first-order valence-corrected chi connectivity index (χ1v) is 7.41. The Balaban J connectivity index is 1.93. The molecule has 4 nitrogen and oxygen atoms in total. The van der Waals surface area contributed by atoms with Gasteiger partial charge >= 0.3 is 0 Å². The van der Waals surface area contributed by atoms with Gasteiger partial charge in [-0.25, -0.2) is 4.98 Å². The molecule has 0 spiro atoms. The van der Waals surface area contributed by atoms with Crippen molar-refractivity contribution >= 4 is 17.2 Å². The zero-order valence-corrected chi connectivity index (χ0v) is 11.8. The van der Waals surface area contributed by atoms with E-state index in [-0.39, 0.29) is 18.0 Å². The number of amides is 1. The Morgan fingerprint density at radius 2 is 2.39 bits per heavy atom. The van der Waals surface area contributed by atoms with Crippen LogP contribution in [0.3, 0.4) is 0 Å². The minimum absolute atomic E-state index is 0.0808. The Morgan fingerprint density at radius 1 is 1.67 bits per heavy atom. The summed E-state index contributed by atoms with van der Waals surface area (Å²) in [7, 11) is 0. The number of rotatable bonds is 6. The van der Waals surface area contributed by atoms with Crippen LogP contribution in [0.15, 0.2) is 5.38 Å². The average Bonchev–Trinajstić information content (AvgIpc) is 3.06. The summed E-state index contributed by atoms with van der Waals surface area (Å²) in [5.74, 6) is 0.673. The van der Waals surface area contributed by atoms with Gasteiger partial charge in [-0.05, 0) is 39.0 Å². The summed E-state index contributed by atoms with van der Waals surface area (Å²) in [5, 5.41) is 6.20. The maximum Gasteiger partial charge on any atom is 0.220 e. The van der Waals surface area contributed by atoms with E-state index in [1.54, 1.807) is 11.3 Å². The number of aromatic nitrogens is 1. The third kappa shape index (κ3) is 3.78. The van der Waals surface area contributed by atoms with Gasteiger partial charge in [-0.2, -0.15) is 0 Å². The van der Waals surface area contributed by atoms with Crippen LogP contribution in [-0.2, 0) is 4.79 Å². The maximum absolute atomic E-state index is 11.9. The van der Waals surface area contributed by atoms with E-state index in [0.717, 1.165) is 17.1 Å². The largest absolute Gasteiger partial charge is 0.347 e. The number of nitrogens with one attached hydrogen (secondary N) is 1. The van der Waals surface area contributed by atoms with Crippen LogP contribution in [0.5, 0.6) is 0 Å². The molecule has 1 aromatic heterocycles. The van der Waals surface area contributed by atoms with Gasteiger partial charge < -0.3 is 11.1 Å². The van der Waals surface area contributed by atoms with E-state index in [4.69, 9.17) is 5.73 Å². The van der Waals surface area contributed by atoms with Crippen molar-refractivity contribution in [2.45, 2.75) is 51.6 Å². The molecular formula is C13H21N3OS. The van der Waals surface area contributed by atoms with Crippen molar-refractivity contribution in [2.24, 2.45) is 11.7 Å². The molecule has 0 aliphatic heterocycles. The van der Waals surface area contributed by atoms with Gasteiger partial charge in [0.2, 0.25) is 5.91 Å². The highest BCUT2D eigenvalue weighted by atomic mass is 32.1. The van der Waals surface area contributed by atoms with Crippen LogP contribution < -0.4 is 11.1 Å². The molecule has 2 atom stereocenters. The van der Waals surface area contributed by atoms with Crippen LogP contribution >= 0.6 is 11.3 Å². The lowest BCUT2D eigenvalue weighted by Gasteiger charge is -2.16. The quantitative estimate of drug-likeness (QED) is 0.830. The monoisotopic (exact) mass is 267 g/mol. The summed E-state index contributed by atoms with van der Waals surface area (Å²) in [4.78, 5) is 16.4. The van der Waals surface area contributed by atoms with Crippen LogP contribution in [0.2, 0.25) is 0 Å². The lowest BCUT2D eigenvalue weighted by atomic mass is 10.1. The third-order valence-corrected chi connectivity index (χ3v) is 4.19. The molecule has 2 unspecified atom stereocenters. The molecule has 1 saturated carbocycles. The predicted octanol–water partition coefficient (Wildman–Crippen LogP) is 2.15. The number of aryl methyl sites for hydroxylation is 1. The average molecular weight is 267 g/mol. The number of carbonyl (C=O) groups is 1. The van der Waals surface area contributed by atoms with Crippen LogP contribution in [-0.4, -0.2) is 16.9 Å². The molecule has 0 bridgehead atoms. The van der Waals surface area contributed by atoms with E-state index in [0.29, 0.717) is 12.3 Å². The highest BCUT2D eigenvalue weighted by molar-refractivity contribution is 7.09. The summed E-state index contributed by atoms with van der Waals surface area (Å²) < 4.78 is 0. The molecule has 3 N–H and O–H groups in total. The summed E-state index contributed by atoms with van der Waals surface area (Å²) >= 11 is 1.64. The minimum atomic E-state index is 0.0808. The molecular weight excluding hydrogens is 246 g/mol. The first kappa shape index (κ1) is 13.5. The zero-order chi connectivity index (χ0) is 13.1. The van der Waals surface area contributed by atoms with Crippen molar-refractivity contribution in [1.82, 2.24) is 10.3 Å². The van der Waals surface area contributed by atoms with Crippen LogP contribution in [0.25, 0.3) is 0 Å². The van der Waals surface area contributed by atoms with E-state index in [2.05, 4.69) is 10.3 Å². The van der Waals surface area contributed by atoms with Crippen LogP contribution in [0.4, 0.5) is 0 Å². The molecule has 1 aromatic rings. The Kier molecular flexibility index (Phi) is 4.35. The standard InChI is InChI=1S/C13H21N3OS/c1-8(14)3-6-11(17)16-12(10-4-5-10)13-15-9(2)7-18-13/h7-8,10,12H,3-6,14H2,1-2H3,(H,16,17). The van der Waals surface area contributed by atoms with E-state index in [9.17, 15) is 4.79 Å². The molecule has 0 saturated heterocycles. The smallest absolute Gasteiger partial charge is 0.220 e. The van der Waals surface area contributed by atoms with E-state index < -0.39 is 0 Å². The van der Waals surface area contributed by atoms with Gasteiger partial charge in [0, 0.05) is 23.5 Å². The Bertz CT molecular complexity index is 412. The molecule has 1 amide bonds. The van der Waals surface area contributed by atoms with Crippen molar-refractivity contribution in [1.29, 1.82) is 0 Å². The van der Waals surface area contributed by atoms with E-state index in [1.165, 1.54) is 12.8 Å². The van der Waals surface area contributed by atoms with Crippen molar-refractivity contribution in [3.8, 4) is 0 Å². The summed E-state index contributed by atoms with van der Waals surface area (Å²) in [5.41, 5.74) is 6.70. The van der Waals surface area contributed by atoms with Gasteiger partial charge in [0.25, 0.3) is 0 Å². The molecule has 0 aromatic carbocycles. The van der Waals surface area contributed by atoms with Gasteiger partial charge in [-0.3, -0.25) is 4.79 Å². The van der Waals surface area contributed by atoms with Crippen molar-refractivity contribution < 1.29 is 4.79 Å². The molecule has 1 fully saturated rings. The molecule has 100 valence electrons. The Labute approximate surface area is 112 Å². The third-order valence-electron chi connectivity index (χ3n) is 3.14. The first-order valence-electron chi connectivity index (χ1n) is 6.53. The number of thiazole rings is 1. The number of nitrogens with two attached hydrogens (primary N) is 1. The molecule has 0 radical (unpaired) electrons. The second kappa shape index (κ2) is 5.80. The SMILES string of the molecule is Cc1csc(C(NC(=O)CCC(C)N)C2CC2)n1. The Hall–Kier alpha value is -0.940. The maximum atomic E-state index is 11.9. The normalized spacial score (nSPS) is 18.4. The topological polar surface area (TPSA) is 68.0 Å². The van der Waals surface area contributed by atoms with Crippen molar-refractivity contribution in [3.05, 3.63) is 16.1 Å². The number of nitrogens with zero attached hydrogens (tertiary/aromatic N) is 1. The lowest BCUT2D eigenvalue weighted by molar-refractivity contribution is -0.122. The highest BCUT2D eigenvalue weighted by Crippen LogP contribution is 2.41. The summed E-state index contributed by atoms with van der Waals surface area (Å²) in [6.45, 7) is 3.91. The number of hydrogen-bond donors (Lipinski definition) is 2. The van der Waals surface area contributed by atoms with Gasteiger partial charge in [0.05, 0.1) is 6.04 Å². The fourth-order valence-electron chi connectivity index (χ4n) is 1.93. The van der Waals surface area contributed by atoms with E-state index >= 15 is 0 Å². The second-order valence-electron chi connectivity index (χ2n) is 5.23. The van der Waals surface area contributed by atoms with Crippen molar-refractivity contribution in [3.63, 3.8) is 0 Å². The Morgan fingerprint density at radius 3 is 2.89 bits per heavy atom. The minimum Gasteiger partial charge on any atom is -0.347 e. The van der Waals surface area contributed by atoms with Crippen molar-refractivity contribution in [2.75, 3.05) is 0 Å². The van der Waals surface area contributed by atoms with Gasteiger partial charge in [-0.1, -0.05) is 0 Å². The summed E-state index contributed by atoms with van der Waals surface area (Å²) in [6.07, 6.45) is 3.62. The second-order valence-corrected chi connectivity index (χ2v) is 6.12. The van der Waals surface area contributed by atoms with Crippen LogP contribution in [0, 0.1) is 12.8 Å². The fraction of sp³-hybridized carbons (Fsp3) is 0.692.